The van der Waals surface area contributed by atoms with Gasteiger partial charge in [0.05, 0.1) is 6.04 Å². The van der Waals surface area contributed by atoms with Gasteiger partial charge in [0, 0.05) is 5.02 Å². The first-order chi connectivity index (χ1) is 9.74. The molecule has 1 N–H and O–H groups in total. The van der Waals surface area contributed by atoms with Crippen molar-refractivity contribution in [2.24, 2.45) is 0 Å². The number of benzene rings is 2. The first kappa shape index (κ1) is 15.1. The Labute approximate surface area is 127 Å². The highest BCUT2D eigenvalue weighted by Gasteiger charge is 2.11. The quantitative estimate of drug-likeness (QED) is 0.789. The average Bonchev–Trinajstić information content (AvgIpc) is 2.47. The van der Waals surface area contributed by atoms with E-state index in [9.17, 15) is 0 Å². The third-order valence-corrected chi connectivity index (χ3v) is 3.84. The number of hydrogen-bond donors (Lipinski definition) is 1. The van der Waals surface area contributed by atoms with Gasteiger partial charge in [0.1, 0.15) is 0 Å². The average molecular weight is 288 g/mol. The molecule has 2 rings (SSSR count). The van der Waals surface area contributed by atoms with E-state index in [1.165, 1.54) is 29.5 Å². The molecule has 106 valence electrons. The Morgan fingerprint density at radius 3 is 2.40 bits per heavy atom. The van der Waals surface area contributed by atoms with Gasteiger partial charge in [0.2, 0.25) is 0 Å². The van der Waals surface area contributed by atoms with E-state index < -0.39 is 0 Å². The van der Waals surface area contributed by atoms with Crippen molar-refractivity contribution < 1.29 is 0 Å². The van der Waals surface area contributed by atoms with Crippen LogP contribution in [0.5, 0.6) is 0 Å². The lowest BCUT2D eigenvalue weighted by Crippen LogP contribution is -2.17. The molecular weight excluding hydrogens is 266 g/mol. The van der Waals surface area contributed by atoms with Crippen molar-refractivity contribution in [3.05, 3.63) is 70.2 Å². The summed E-state index contributed by atoms with van der Waals surface area (Å²) in [7, 11) is 1.98. The fourth-order valence-electron chi connectivity index (χ4n) is 2.47. The third-order valence-electron chi connectivity index (χ3n) is 3.60. The molecule has 0 spiro atoms. The number of nitrogens with one attached hydrogen (secondary N) is 1. The van der Waals surface area contributed by atoms with Gasteiger partial charge in [-0.3, -0.25) is 0 Å². The van der Waals surface area contributed by atoms with Gasteiger partial charge in [0.25, 0.3) is 0 Å². The predicted molar refractivity (Wildman–Crippen MR) is 87.4 cm³/mol. The second-order valence-electron chi connectivity index (χ2n) is 5.12. The van der Waals surface area contributed by atoms with Crippen LogP contribution >= 0.6 is 11.6 Å². The lowest BCUT2D eigenvalue weighted by atomic mass is 9.97. The van der Waals surface area contributed by atoms with Crippen molar-refractivity contribution >= 4 is 11.6 Å². The van der Waals surface area contributed by atoms with Gasteiger partial charge in [0.15, 0.2) is 0 Å². The number of halogens is 1. The highest BCUT2D eigenvalue weighted by Crippen LogP contribution is 2.24. The Balaban J connectivity index is 2.19. The molecular formula is C18H22ClN. The molecule has 0 radical (unpaired) electrons. The van der Waals surface area contributed by atoms with Crippen LogP contribution in [-0.2, 0) is 6.42 Å². The summed E-state index contributed by atoms with van der Waals surface area (Å²) in [5, 5.41) is 4.15. The Morgan fingerprint density at radius 2 is 1.80 bits per heavy atom. The summed E-state index contributed by atoms with van der Waals surface area (Å²) in [6, 6.07) is 17.1. The van der Waals surface area contributed by atoms with Crippen molar-refractivity contribution in [2.75, 3.05) is 7.05 Å². The molecule has 1 nitrogen and oxygen atoms in total. The molecule has 0 bridgehead atoms. The van der Waals surface area contributed by atoms with E-state index in [1.807, 2.05) is 25.2 Å². The van der Waals surface area contributed by atoms with E-state index in [2.05, 4.69) is 42.6 Å². The molecule has 0 aliphatic rings. The van der Waals surface area contributed by atoms with Crippen LogP contribution in [0.3, 0.4) is 0 Å². The van der Waals surface area contributed by atoms with E-state index in [-0.39, 0.29) is 6.04 Å². The van der Waals surface area contributed by atoms with E-state index >= 15 is 0 Å². The molecule has 2 aromatic carbocycles. The van der Waals surface area contributed by atoms with E-state index in [0.717, 1.165) is 11.4 Å². The molecule has 0 aliphatic heterocycles. The van der Waals surface area contributed by atoms with Crippen LogP contribution in [0.4, 0.5) is 0 Å². The largest absolute Gasteiger partial charge is 0.309 e. The molecule has 20 heavy (non-hydrogen) atoms. The Kier molecular flexibility index (Phi) is 5.63. The first-order valence-electron chi connectivity index (χ1n) is 7.26. The minimum atomic E-state index is 0.189. The second-order valence-corrected chi connectivity index (χ2v) is 5.56. The van der Waals surface area contributed by atoms with E-state index in [0.29, 0.717) is 0 Å². The highest BCUT2D eigenvalue weighted by atomic mass is 35.5. The van der Waals surface area contributed by atoms with Crippen molar-refractivity contribution in [1.82, 2.24) is 5.32 Å². The van der Waals surface area contributed by atoms with Crippen LogP contribution in [0.15, 0.2) is 48.5 Å². The minimum absolute atomic E-state index is 0.189. The smallest absolute Gasteiger partial charge is 0.0574 e. The third kappa shape index (κ3) is 3.84. The SMILES string of the molecule is CCCCc1ccc(C(NC)c2cccc(Cl)c2)cc1. The predicted octanol–water partition coefficient (Wildman–Crippen LogP) is 4.99. The van der Waals surface area contributed by atoms with Gasteiger partial charge in [-0.2, -0.15) is 0 Å². The van der Waals surface area contributed by atoms with Gasteiger partial charge < -0.3 is 5.32 Å². The number of rotatable bonds is 6. The summed E-state index contributed by atoms with van der Waals surface area (Å²) >= 11 is 6.09. The van der Waals surface area contributed by atoms with Gasteiger partial charge in [-0.1, -0.05) is 61.3 Å². The molecule has 2 heteroatoms. The lowest BCUT2D eigenvalue weighted by molar-refractivity contribution is 0.691. The zero-order chi connectivity index (χ0) is 14.4. The van der Waals surface area contributed by atoms with Crippen LogP contribution in [0, 0.1) is 0 Å². The highest BCUT2D eigenvalue weighted by molar-refractivity contribution is 6.30. The Morgan fingerprint density at radius 1 is 1.05 bits per heavy atom. The number of hydrogen-bond acceptors (Lipinski definition) is 1. The molecule has 0 aromatic heterocycles. The maximum absolute atomic E-state index is 6.09. The molecule has 0 saturated carbocycles. The molecule has 0 heterocycles. The summed E-state index contributed by atoms with van der Waals surface area (Å²) in [5.41, 5.74) is 3.88. The van der Waals surface area contributed by atoms with Crippen molar-refractivity contribution in [2.45, 2.75) is 32.2 Å². The standard InChI is InChI=1S/C18H22ClN/c1-3-4-6-14-9-11-15(12-10-14)18(20-2)16-7-5-8-17(19)13-16/h5,7-13,18,20H,3-4,6H2,1-2H3. The van der Waals surface area contributed by atoms with E-state index in [4.69, 9.17) is 11.6 Å². The Bertz CT molecular complexity index is 533. The van der Waals surface area contributed by atoms with Gasteiger partial charge in [-0.15, -0.1) is 0 Å². The topological polar surface area (TPSA) is 12.0 Å². The van der Waals surface area contributed by atoms with Gasteiger partial charge in [-0.05, 0) is 48.7 Å². The number of aryl methyl sites for hydroxylation is 1. The zero-order valence-electron chi connectivity index (χ0n) is 12.2. The second kappa shape index (κ2) is 7.47. The van der Waals surface area contributed by atoms with Gasteiger partial charge >= 0.3 is 0 Å². The van der Waals surface area contributed by atoms with Crippen LogP contribution in [0.25, 0.3) is 0 Å². The molecule has 1 atom stereocenters. The lowest BCUT2D eigenvalue weighted by Gasteiger charge is -2.18. The maximum Gasteiger partial charge on any atom is 0.0574 e. The van der Waals surface area contributed by atoms with E-state index in [1.54, 1.807) is 0 Å². The normalized spacial score (nSPS) is 12.3. The van der Waals surface area contributed by atoms with Crippen molar-refractivity contribution in [1.29, 1.82) is 0 Å². The Hall–Kier alpha value is -1.31. The summed E-state index contributed by atoms with van der Waals surface area (Å²) in [6.45, 7) is 2.23. The van der Waals surface area contributed by atoms with Crippen LogP contribution < -0.4 is 5.32 Å². The maximum atomic E-state index is 6.09. The zero-order valence-corrected chi connectivity index (χ0v) is 13.0. The molecule has 0 saturated heterocycles. The van der Waals surface area contributed by atoms with Crippen molar-refractivity contribution in [3.8, 4) is 0 Å². The van der Waals surface area contributed by atoms with Gasteiger partial charge in [-0.25, -0.2) is 0 Å². The summed E-state index contributed by atoms with van der Waals surface area (Å²) in [5.74, 6) is 0. The fraction of sp³-hybridized carbons (Fsp3) is 0.333. The molecule has 0 fully saturated rings. The van der Waals surface area contributed by atoms with Crippen LogP contribution in [-0.4, -0.2) is 7.05 Å². The van der Waals surface area contributed by atoms with Crippen LogP contribution in [0.2, 0.25) is 5.02 Å². The minimum Gasteiger partial charge on any atom is -0.309 e. The first-order valence-corrected chi connectivity index (χ1v) is 7.64. The molecule has 0 aliphatic carbocycles. The van der Waals surface area contributed by atoms with Crippen molar-refractivity contribution in [3.63, 3.8) is 0 Å². The van der Waals surface area contributed by atoms with Crippen LogP contribution in [0.1, 0.15) is 42.5 Å². The molecule has 2 aromatic rings. The summed E-state index contributed by atoms with van der Waals surface area (Å²) < 4.78 is 0. The monoisotopic (exact) mass is 287 g/mol. The molecule has 1 unspecified atom stereocenters. The fourth-order valence-corrected chi connectivity index (χ4v) is 2.67. The summed E-state index contributed by atoms with van der Waals surface area (Å²) in [6.07, 6.45) is 3.66. The summed E-state index contributed by atoms with van der Waals surface area (Å²) in [4.78, 5) is 0. The number of unbranched alkanes of at least 4 members (excludes halogenated alkanes) is 1. The molecule has 0 amide bonds.